The third kappa shape index (κ3) is 4.57. The number of nitrogens with zero attached hydrogens (tertiary/aromatic N) is 1. The van der Waals surface area contributed by atoms with Gasteiger partial charge in [-0.2, -0.15) is 24.9 Å². The first-order valence-corrected chi connectivity index (χ1v) is 7.73. The van der Waals surface area contributed by atoms with Gasteiger partial charge in [-0.1, -0.05) is 0 Å². The fraction of sp³-hybridized carbons (Fsp3) is 0.833. The van der Waals surface area contributed by atoms with Crippen LogP contribution in [0.1, 0.15) is 19.3 Å². The molecule has 116 valence electrons. The summed E-state index contributed by atoms with van der Waals surface area (Å²) >= 11 is 1.64. The predicted molar refractivity (Wildman–Crippen MR) is 69.5 cm³/mol. The summed E-state index contributed by atoms with van der Waals surface area (Å²) in [5.41, 5.74) is 0. The molecule has 0 saturated carbocycles. The summed E-state index contributed by atoms with van der Waals surface area (Å²) in [7, 11) is 0. The summed E-state index contributed by atoms with van der Waals surface area (Å²) in [6.07, 6.45) is -1.03. The van der Waals surface area contributed by atoms with E-state index >= 15 is 0 Å². The Morgan fingerprint density at radius 1 is 1.30 bits per heavy atom. The molecule has 8 heteroatoms. The molecule has 0 aromatic rings. The zero-order valence-electron chi connectivity index (χ0n) is 11.2. The van der Waals surface area contributed by atoms with Crippen molar-refractivity contribution >= 4 is 23.6 Å². The molecule has 0 spiro atoms. The SMILES string of the molecule is CSCCCCC(=O)N1C[C@@H](C(F)(F)F)[C@H](C(=O)O)C1. The molecule has 1 saturated heterocycles. The molecule has 0 bridgehead atoms. The second kappa shape index (κ2) is 7.19. The average Bonchev–Trinajstić information content (AvgIpc) is 2.79. The molecule has 1 fully saturated rings. The van der Waals surface area contributed by atoms with Gasteiger partial charge in [-0.15, -0.1) is 0 Å². The zero-order valence-corrected chi connectivity index (χ0v) is 12.0. The molecule has 1 amide bonds. The van der Waals surface area contributed by atoms with E-state index in [1.54, 1.807) is 11.8 Å². The van der Waals surface area contributed by atoms with Crippen molar-refractivity contribution in [2.45, 2.75) is 25.4 Å². The van der Waals surface area contributed by atoms with Crippen molar-refractivity contribution in [3.8, 4) is 0 Å². The molecule has 1 heterocycles. The number of hydrogen-bond donors (Lipinski definition) is 1. The van der Waals surface area contributed by atoms with Crippen LogP contribution in [0.15, 0.2) is 0 Å². The van der Waals surface area contributed by atoms with Crippen molar-refractivity contribution in [2.75, 3.05) is 25.1 Å². The molecule has 1 aliphatic heterocycles. The summed E-state index contributed by atoms with van der Waals surface area (Å²) in [4.78, 5) is 23.7. The number of unbranched alkanes of at least 4 members (excludes halogenated alkanes) is 1. The number of halogens is 3. The predicted octanol–water partition coefficient (Wildman–Crippen LogP) is 2.24. The van der Waals surface area contributed by atoms with E-state index in [-0.39, 0.29) is 18.9 Å². The van der Waals surface area contributed by atoms with Crippen LogP contribution in [0.4, 0.5) is 13.2 Å². The summed E-state index contributed by atoms with van der Waals surface area (Å²) < 4.78 is 38.3. The van der Waals surface area contributed by atoms with Crippen LogP contribution in [0.2, 0.25) is 0 Å². The minimum atomic E-state index is -4.59. The van der Waals surface area contributed by atoms with Crippen LogP contribution in [0.25, 0.3) is 0 Å². The van der Waals surface area contributed by atoms with Crippen LogP contribution in [-0.2, 0) is 9.59 Å². The highest BCUT2D eigenvalue weighted by Gasteiger charge is 2.53. The Balaban J connectivity index is 2.57. The number of rotatable bonds is 6. The number of amides is 1. The smallest absolute Gasteiger partial charge is 0.394 e. The minimum absolute atomic E-state index is 0.178. The Labute approximate surface area is 119 Å². The molecule has 1 rings (SSSR count). The van der Waals surface area contributed by atoms with Gasteiger partial charge in [0.05, 0.1) is 11.8 Å². The molecule has 0 radical (unpaired) electrons. The van der Waals surface area contributed by atoms with Crippen LogP contribution in [0, 0.1) is 11.8 Å². The van der Waals surface area contributed by atoms with E-state index in [0.29, 0.717) is 6.42 Å². The number of alkyl halides is 3. The zero-order chi connectivity index (χ0) is 15.3. The highest BCUT2D eigenvalue weighted by atomic mass is 32.2. The second-order valence-corrected chi connectivity index (χ2v) is 5.83. The number of likely N-dealkylation sites (tertiary alicyclic amines) is 1. The van der Waals surface area contributed by atoms with E-state index < -0.39 is 30.5 Å². The van der Waals surface area contributed by atoms with Crippen molar-refractivity contribution in [3.05, 3.63) is 0 Å². The van der Waals surface area contributed by atoms with E-state index in [9.17, 15) is 22.8 Å². The largest absolute Gasteiger partial charge is 0.481 e. The van der Waals surface area contributed by atoms with Crippen molar-refractivity contribution in [1.82, 2.24) is 4.90 Å². The van der Waals surface area contributed by atoms with Crippen molar-refractivity contribution < 1.29 is 27.9 Å². The molecule has 0 aromatic heterocycles. The topological polar surface area (TPSA) is 57.6 Å². The molecule has 20 heavy (non-hydrogen) atoms. The van der Waals surface area contributed by atoms with Gasteiger partial charge >= 0.3 is 12.1 Å². The number of carboxylic acids is 1. The molecule has 0 aliphatic carbocycles. The monoisotopic (exact) mass is 313 g/mol. The van der Waals surface area contributed by atoms with Crippen LogP contribution < -0.4 is 0 Å². The van der Waals surface area contributed by atoms with Crippen molar-refractivity contribution in [2.24, 2.45) is 11.8 Å². The lowest BCUT2D eigenvalue weighted by molar-refractivity contribution is -0.188. The molecule has 2 atom stereocenters. The third-order valence-corrected chi connectivity index (χ3v) is 4.10. The Bertz CT molecular complexity index is 362. The van der Waals surface area contributed by atoms with Gasteiger partial charge in [-0.05, 0) is 24.9 Å². The normalized spacial score (nSPS) is 23.1. The van der Waals surface area contributed by atoms with Gasteiger partial charge < -0.3 is 10.0 Å². The molecule has 0 aromatic carbocycles. The van der Waals surface area contributed by atoms with E-state index in [0.717, 1.165) is 17.1 Å². The first-order chi connectivity index (χ1) is 9.27. The summed E-state index contributed by atoms with van der Waals surface area (Å²) in [5.74, 6) is -4.50. The summed E-state index contributed by atoms with van der Waals surface area (Å²) in [6.45, 7) is -0.886. The Hall–Kier alpha value is -0.920. The number of carbonyl (C=O) groups excluding carboxylic acids is 1. The van der Waals surface area contributed by atoms with Gasteiger partial charge in [0.15, 0.2) is 0 Å². The second-order valence-electron chi connectivity index (χ2n) is 4.84. The lowest BCUT2D eigenvalue weighted by Gasteiger charge is -2.18. The van der Waals surface area contributed by atoms with Gasteiger partial charge in [0, 0.05) is 19.5 Å². The van der Waals surface area contributed by atoms with Crippen LogP contribution in [0.3, 0.4) is 0 Å². The van der Waals surface area contributed by atoms with Gasteiger partial charge in [0.2, 0.25) is 5.91 Å². The lowest BCUT2D eigenvalue weighted by atomic mass is 9.96. The highest BCUT2D eigenvalue weighted by Crippen LogP contribution is 2.37. The quantitative estimate of drug-likeness (QED) is 0.764. The maximum Gasteiger partial charge on any atom is 0.394 e. The summed E-state index contributed by atoms with van der Waals surface area (Å²) in [6, 6.07) is 0. The maximum atomic E-state index is 12.8. The van der Waals surface area contributed by atoms with E-state index in [1.807, 2.05) is 6.26 Å². The highest BCUT2D eigenvalue weighted by molar-refractivity contribution is 7.98. The minimum Gasteiger partial charge on any atom is -0.481 e. The number of hydrogen-bond acceptors (Lipinski definition) is 3. The standard InChI is InChI=1S/C12H18F3NO3S/c1-20-5-3-2-4-10(17)16-6-8(11(18)19)9(7-16)12(13,14)15/h8-9H,2-7H2,1H3,(H,18,19)/t8-,9-/m1/s1. The number of carbonyl (C=O) groups is 2. The van der Waals surface area contributed by atoms with E-state index in [1.165, 1.54) is 0 Å². The van der Waals surface area contributed by atoms with Gasteiger partial charge in [0.25, 0.3) is 0 Å². The Kier molecular flexibility index (Phi) is 6.16. The number of thioether (sulfide) groups is 1. The van der Waals surface area contributed by atoms with E-state index in [2.05, 4.69) is 0 Å². The Morgan fingerprint density at radius 3 is 2.40 bits per heavy atom. The summed E-state index contributed by atoms with van der Waals surface area (Å²) in [5, 5.41) is 8.85. The van der Waals surface area contributed by atoms with Crippen molar-refractivity contribution in [1.29, 1.82) is 0 Å². The maximum absolute atomic E-state index is 12.8. The van der Waals surface area contributed by atoms with Gasteiger partial charge in [-0.25, -0.2) is 0 Å². The van der Waals surface area contributed by atoms with E-state index in [4.69, 9.17) is 5.11 Å². The fourth-order valence-corrected chi connectivity index (χ4v) is 2.76. The van der Waals surface area contributed by atoms with Crippen LogP contribution >= 0.6 is 11.8 Å². The van der Waals surface area contributed by atoms with Gasteiger partial charge in [0.1, 0.15) is 0 Å². The number of carboxylic acid groups (broad SMARTS) is 1. The molecule has 1 N–H and O–H groups in total. The number of aliphatic carboxylic acids is 1. The molecule has 0 unspecified atom stereocenters. The lowest BCUT2D eigenvalue weighted by Crippen LogP contribution is -2.34. The fourth-order valence-electron chi connectivity index (χ4n) is 2.27. The first kappa shape index (κ1) is 17.1. The molecule has 4 nitrogen and oxygen atoms in total. The first-order valence-electron chi connectivity index (χ1n) is 6.33. The average molecular weight is 313 g/mol. The van der Waals surface area contributed by atoms with Gasteiger partial charge in [-0.3, -0.25) is 9.59 Å². The molecular formula is C12H18F3NO3S. The van der Waals surface area contributed by atoms with Crippen LogP contribution in [0.5, 0.6) is 0 Å². The Morgan fingerprint density at radius 2 is 1.95 bits per heavy atom. The molecule has 1 aliphatic rings. The van der Waals surface area contributed by atoms with Crippen molar-refractivity contribution in [3.63, 3.8) is 0 Å². The van der Waals surface area contributed by atoms with Crippen LogP contribution in [-0.4, -0.2) is 53.2 Å². The third-order valence-electron chi connectivity index (χ3n) is 3.40. The molecular weight excluding hydrogens is 295 g/mol.